The fourth-order valence-corrected chi connectivity index (χ4v) is 5.57. The lowest BCUT2D eigenvalue weighted by Gasteiger charge is -2.27. The van der Waals surface area contributed by atoms with Gasteiger partial charge in [-0.25, -0.2) is 0 Å². The maximum Gasteiger partial charge on any atom is 0.235 e. The number of aliphatic hydroxyl groups is 2. The van der Waals surface area contributed by atoms with Crippen molar-refractivity contribution in [2.75, 3.05) is 5.88 Å². The van der Waals surface area contributed by atoms with Crippen molar-refractivity contribution in [2.45, 2.75) is 174 Å². The largest absolute Gasteiger partial charge is 0.359 e. The monoisotopic (exact) mass is 634 g/mol. The number of alkyl halides is 1. The van der Waals surface area contributed by atoms with E-state index in [0.29, 0.717) is 12.8 Å². The first-order valence-electron chi connectivity index (χ1n) is 18.1. The second kappa shape index (κ2) is 31.5. The molecular formula is C39H67ClO4. The number of unbranched alkanes of at least 4 members (excludes halogenated alkanes) is 16. The Hall–Kier alpha value is -1.49. The molecule has 0 spiro atoms. The van der Waals surface area contributed by atoms with Crippen LogP contribution in [0.25, 0.3) is 0 Å². The molecule has 1 unspecified atom stereocenters. The SMILES string of the molecule is CCCCCC=CCC=CCCCCCCCC(=O)C(CCl)C(O)(O)C(=O)CCCCCCCC=CCC=CCCCCC. The summed E-state index contributed by atoms with van der Waals surface area (Å²) in [6.45, 7) is 4.45. The van der Waals surface area contributed by atoms with Gasteiger partial charge < -0.3 is 10.2 Å². The second-order valence-corrected chi connectivity index (χ2v) is 12.6. The zero-order valence-electron chi connectivity index (χ0n) is 28.5. The topological polar surface area (TPSA) is 74.6 Å². The van der Waals surface area contributed by atoms with Gasteiger partial charge in [0, 0.05) is 18.7 Å². The number of carbonyl (C=O) groups excluding carboxylic acids is 2. The summed E-state index contributed by atoms with van der Waals surface area (Å²) in [5, 5.41) is 21.1. The molecular weight excluding hydrogens is 568 g/mol. The lowest BCUT2D eigenvalue weighted by molar-refractivity contribution is -0.201. The van der Waals surface area contributed by atoms with Crippen LogP contribution in [0.2, 0.25) is 0 Å². The van der Waals surface area contributed by atoms with E-state index >= 15 is 0 Å². The first kappa shape index (κ1) is 42.5. The minimum atomic E-state index is -2.68. The van der Waals surface area contributed by atoms with Gasteiger partial charge in [-0.15, -0.1) is 11.6 Å². The molecule has 2 N–H and O–H groups in total. The Kier molecular flexibility index (Phi) is 30.4. The molecule has 5 heteroatoms. The number of ketones is 2. The third-order valence-electron chi connectivity index (χ3n) is 8.17. The van der Waals surface area contributed by atoms with E-state index in [2.05, 4.69) is 62.5 Å². The van der Waals surface area contributed by atoms with Gasteiger partial charge in [0.25, 0.3) is 0 Å². The van der Waals surface area contributed by atoms with Crippen LogP contribution < -0.4 is 0 Å². The molecule has 0 aliphatic carbocycles. The summed E-state index contributed by atoms with van der Waals surface area (Å²) in [7, 11) is 0. The number of Topliss-reactive ketones (excluding diaryl/α,β-unsaturated/α-hetero) is 2. The summed E-state index contributed by atoms with van der Waals surface area (Å²) >= 11 is 5.95. The van der Waals surface area contributed by atoms with Crippen molar-refractivity contribution in [1.82, 2.24) is 0 Å². The summed E-state index contributed by atoms with van der Waals surface area (Å²) in [6, 6.07) is 0. The predicted octanol–water partition coefficient (Wildman–Crippen LogP) is 11.3. The van der Waals surface area contributed by atoms with Crippen LogP contribution in [0, 0.1) is 5.92 Å². The number of rotatable bonds is 32. The van der Waals surface area contributed by atoms with Crippen molar-refractivity contribution in [1.29, 1.82) is 0 Å². The maximum atomic E-state index is 12.7. The van der Waals surface area contributed by atoms with Gasteiger partial charge in [-0.1, -0.05) is 127 Å². The Bertz CT molecular complexity index is 796. The average molecular weight is 635 g/mol. The second-order valence-electron chi connectivity index (χ2n) is 12.3. The number of halogens is 1. The Morgan fingerprint density at radius 1 is 0.545 bits per heavy atom. The third-order valence-corrected chi connectivity index (χ3v) is 8.48. The van der Waals surface area contributed by atoms with Crippen molar-refractivity contribution < 1.29 is 19.8 Å². The number of carbonyl (C=O) groups is 2. The van der Waals surface area contributed by atoms with Crippen molar-refractivity contribution >= 4 is 23.2 Å². The fraction of sp³-hybridized carbons (Fsp3) is 0.744. The van der Waals surface area contributed by atoms with Gasteiger partial charge in [-0.2, -0.15) is 0 Å². The lowest BCUT2D eigenvalue weighted by Crippen LogP contribution is -2.50. The van der Waals surface area contributed by atoms with E-state index in [0.717, 1.165) is 77.0 Å². The molecule has 0 rings (SSSR count). The molecule has 254 valence electrons. The fourth-order valence-electron chi connectivity index (χ4n) is 5.18. The molecule has 0 fully saturated rings. The molecule has 1 atom stereocenters. The van der Waals surface area contributed by atoms with Gasteiger partial charge in [0.05, 0.1) is 5.92 Å². The Balaban J connectivity index is 3.96. The highest BCUT2D eigenvalue weighted by Gasteiger charge is 2.44. The molecule has 0 aliphatic rings. The van der Waals surface area contributed by atoms with Crippen LogP contribution in [0.5, 0.6) is 0 Å². The van der Waals surface area contributed by atoms with Crippen LogP contribution in [0.15, 0.2) is 48.6 Å². The van der Waals surface area contributed by atoms with E-state index in [-0.39, 0.29) is 24.5 Å². The van der Waals surface area contributed by atoms with Crippen LogP contribution in [0.3, 0.4) is 0 Å². The zero-order valence-corrected chi connectivity index (χ0v) is 29.2. The van der Waals surface area contributed by atoms with Crippen LogP contribution in [0.1, 0.15) is 168 Å². The van der Waals surface area contributed by atoms with Crippen LogP contribution in [0.4, 0.5) is 0 Å². The molecule has 0 bridgehead atoms. The highest BCUT2D eigenvalue weighted by atomic mass is 35.5. The van der Waals surface area contributed by atoms with Crippen LogP contribution in [-0.4, -0.2) is 33.4 Å². The van der Waals surface area contributed by atoms with E-state index in [1.54, 1.807) is 0 Å². The average Bonchev–Trinajstić information content (AvgIpc) is 3.01. The molecule has 0 heterocycles. The van der Waals surface area contributed by atoms with Crippen molar-refractivity contribution in [3.63, 3.8) is 0 Å². The van der Waals surface area contributed by atoms with Gasteiger partial charge in [0.1, 0.15) is 5.78 Å². The molecule has 0 aromatic rings. The normalized spacial score (nSPS) is 13.3. The Labute approximate surface area is 276 Å². The highest BCUT2D eigenvalue weighted by molar-refractivity contribution is 6.20. The van der Waals surface area contributed by atoms with Crippen molar-refractivity contribution in [3.05, 3.63) is 48.6 Å². The van der Waals surface area contributed by atoms with E-state index in [1.165, 1.54) is 51.4 Å². The molecule has 0 aromatic carbocycles. The van der Waals surface area contributed by atoms with Gasteiger partial charge in [-0.05, 0) is 77.0 Å². The molecule has 0 radical (unpaired) electrons. The zero-order chi connectivity index (χ0) is 32.6. The first-order chi connectivity index (χ1) is 21.4. The van der Waals surface area contributed by atoms with Crippen molar-refractivity contribution in [3.8, 4) is 0 Å². The van der Waals surface area contributed by atoms with E-state index in [4.69, 9.17) is 11.6 Å². The molecule has 0 saturated carbocycles. The Morgan fingerprint density at radius 2 is 0.909 bits per heavy atom. The van der Waals surface area contributed by atoms with Crippen LogP contribution >= 0.6 is 11.6 Å². The van der Waals surface area contributed by atoms with E-state index in [1.807, 2.05) is 0 Å². The van der Waals surface area contributed by atoms with E-state index < -0.39 is 17.5 Å². The number of allylic oxidation sites excluding steroid dienone is 8. The molecule has 44 heavy (non-hydrogen) atoms. The predicted molar refractivity (Wildman–Crippen MR) is 190 cm³/mol. The molecule has 0 aliphatic heterocycles. The summed E-state index contributed by atoms with van der Waals surface area (Å²) in [4.78, 5) is 25.3. The summed E-state index contributed by atoms with van der Waals surface area (Å²) in [5.41, 5.74) is 0. The molecule has 0 saturated heterocycles. The summed E-state index contributed by atoms with van der Waals surface area (Å²) in [5.74, 6) is -5.22. The minimum absolute atomic E-state index is 0.0574. The highest BCUT2D eigenvalue weighted by Crippen LogP contribution is 2.24. The third kappa shape index (κ3) is 24.8. The van der Waals surface area contributed by atoms with Gasteiger partial charge in [0.15, 0.2) is 5.78 Å². The van der Waals surface area contributed by atoms with Crippen molar-refractivity contribution in [2.24, 2.45) is 5.92 Å². The minimum Gasteiger partial charge on any atom is -0.359 e. The van der Waals surface area contributed by atoms with E-state index in [9.17, 15) is 19.8 Å². The van der Waals surface area contributed by atoms with Gasteiger partial charge in [0.2, 0.25) is 5.79 Å². The summed E-state index contributed by atoms with van der Waals surface area (Å²) < 4.78 is 0. The maximum absolute atomic E-state index is 12.7. The number of hydrogen-bond acceptors (Lipinski definition) is 4. The molecule has 0 amide bonds. The van der Waals surface area contributed by atoms with Crippen LogP contribution in [-0.2, 0) is 9.59 Å². The molecule has 4 nitrogen and oxygen atoms in total. The van der Waals surface area contributed by atoms with Gasteiger partial charge in [-0.3, -0.25) is 9.59 Å². The first-order valence-corrected chi connectivity index (χ1v) is 18.6. The number of hydrogen-bond donors (Lipinski definition) is 2. The molecule has 0 aromatic heterocycles. The van der Waals surface area contributed by atoms with Gasteiger partial charge >= 0.3 is 0 Å². The lowest BCUT2D eigenvalue weighted by atomic mass is 9.87. The Morgan fingerprint density at radius 3 is 1.32 bits per heavy atom. The quantitative estimate of drug-likeness (QED) is 0.0334. The standard InChI is InChI=1S/C39H67ClO4/c1-3-5-7-9-11-13-15-17-19-21-23-25-27-29-31-33-37(41)36(35-40)39(43,44)38(42)34-32-30-28-26-24-22-20-18-16-14-12-10-8-6-4-2/h11-14,17-20,36,43-44H,3-10,15-16,21-35H2,1-2H3. The summed E-state index contributed by atoms with van der Waals surface area (Å²) in [6.07, 6.45) is 42.0. The smallest absolute Gasteiger partial charge is 0.235 e.